The quantitative estimate of drug-likeness (QED) is 0.190. The second-order valence-corrected chi connectivity index (χ2v) is 8.95. The highest BCUT2D eigenvalue weighted by Gasteiger charge is 2.30. The Labute approximate surface area is 213 Å². The summed E-state index contributed by atoms with van der Waals surface area (Å²) < 4.78 is 61.7. The number of nitrogens with zero attached hydrogens (tertiary/aromatic N) is 2. The van der Waals surface area contributed by atoms with Gasteiger partial charge in [-0.2, -0.15) is 0 Å². The number of rotatable bonds is 3. The average molecular weight is 546 g/mol. The van der Waals surface area contributed by atoms with Gasteiger partial charge < -0.3 is 14.2 Å². The fraction of sp³-hybridized carbons (Fsp3) is 0.217. The Morgan fingerprint density at radius 3 is 2.20 bits per heavy atom. The molecule has 2 aromatic carbocycles. The van der Waals surface area contributed by atoms with E-state index in [9.17, 15) is 22.4 Å². The van der Waals surface area contributed by atoms with E-state index in [1.165, 1.54) is 6.07 Å². The molecule has 0 spiro atoms. The first-order valence-electron chi connectivity index (χ1n) is 10.3. The number of piperazine rings is 1. The van der Waals surface area contributed by atoms with Crippen molar-refractivity contribution in [2.24, 2.45) is 0 Å². The largest absolute Gasteiger partial charge is 0.451 e. The lowest BCUT2D eigenvalue weighted by Crippen LogP contribution is -2.53. The molecule has 0 unspecified atom stereocenters. The number of halogens is 6. The molecule has 35 heavy (non-hydrogen) atoms. The number of aryl methyl sites for hydroxylation is 1. The van der Waals surface area contributed by atoms with E-state index in [-0.39, 0.29) is 37.1 Å². The van der Waals surface area contributed by atoms with E-state index in [1.54, 1.807) is 17.0 Å². The van der Waals surface area contributed by atoms with Gasteiger partial charge in [-0.05, 0) is 42.9 Å². The summed E-state index contributed by atoms with van der Waals surface area (Å²) in [6, 6.07) is 8.50. The van der Waals surface area contributed by atoms with Crippen molar-refractivity contribution in [1.29, 1.82) is 0 Å². The molecule has 1 N–H and O–H groups in total. The maximum atomic E-state index is 14.2. The number of thiocarbonyl (C=S) groups is 1. The smallest absolute Gasteiger partial charge is 0.293 e. The molecular weight excluding hydrogens is 529 g/mol. The fourth-order valence-electron chi connectivity index (χ4n) is 3.60. The third-order valence-electron chi connectivity index (χ3n) is 5.58. The molecule has 1 aliphatic heterocycles. The second kappa shape index (κ2) is 10.0. The van der Waals surface area contributed by atoms with Crippen molar-refractivity contribution in [2.75, 3.05) is 31.1 Å². The van der Waals surface area contributed by atoms with Gasteiger partial charge >= 0.3 is 0 Å². The number of amides is 1. The number of nitrogens with one attached hydrogen (secondary N) is 1. The SMILES string of the molecule is Cc1ccc(-c2ccc(C(=O)NC(=S)N3CCN(c4c(F)c(F)c(Cl)c(F)c4F)CC3)o2)cc1Cl. The molecule has 1 saturated heterocycles. The van der Waals surface area contributed by atoms with Gasteiger partial charge in [-0.15, -0.1) is 0 Å². The highest BCUT2D eigenvalue weighted by molar-refractivity contribution is 7.80. The Morgan fingerprint density at radius 2 is 1.60 bits per heavy atom. The van der Waals surface area contributed by atoms with Crippen molar-refractivity contribution in [3.05, 3.63) is 75.0 Å². The first-order chi connectivity index (χ1) is 16.6. The molecule has 3 aromatic rings. The van der Waals surface area contributed by atoms with Crippen LogP contribution >= 0.6 is 35.4 Å². The summed E-state index contributed by atoms with van der Waals surface area (Å²) in [5.41, 5.74) is 0.772. The minimum Gasteiger partial charge on any atom is -0.451 e. The fourth-order valence-corrected chi connectivity index (χ4v) is 4.22. The van der Waals surface area contributed by atoms with Crippen LogP contribution in [0.3, 0.4) is 0 Å². The zero-order valence-corrected chi connectivity index (χ0v) is 20.4. The molecule has 1 amide bonds. The molecule has 2 heterocycles. The predicted molar refractivity (Wildman–Crippen MR) is 129 cm³/mol. The van der Waals surface area contributed by atoms with Crippen LogP contribution in [0.5, 0.6) is 0 Å². The van der Waals surface area contributed by atoms with E-state index >= 15 is 0 Å². The summed E-state index contributed by atoms with van der Waals surface area (Å²) in [5.74, 6) is -6.56. The van der Waals surface area contributed by atoms with Crippen molar-refractivity contribution in [1.82, 2.24) is 10.2 Å². The Morgan fingerprint density at radius 1 is 0.971 bits per heavy atom. The number of furan rings is 1. The van der Waals surface area contributed by atoms with Gasteiger partial charge in [0.05, 0.1) is 0 Å². The summed E-state index contributed by atoms with van der Waals surface area (Å²) in [6.45, 7) is 2.12. The molecule has 5 nitrogen and oxygen atoms in total. The maximum absolute atomic E-state index is 14.2. The first-order valence-corrected chi connectivity index (χ1v) is 11.5. The molecule has 0 saturated carbocycles. The molecule has 12 heteroatoms. The molecule has 184 valence electrons. The van der Waals surface area contributed by atoms with Gasteiger partial charge in [0.25, 0.3) is 5.91 Å². The molecular formula is C23H17Cl2F4N3O2S. The van der Waals surface area contributed by atoms with Crippen LogP contribution in [0.25, 0.3) is 11.3 Å². The summed E-state index contributed by atoms with van der Waals surface area (Å²) >= 11 is 16.7. The number of carbonyl (C=O) groups excluding carboxylic acids is 1. The van der Waals surface area contributed by atoms with Crippen molar-refractivity contribution in [2.45, 2.75) is 6.92 Å². The van der Waals surface area contributed by atoms with Crippen LogP contribution in [0.4, 0.5) is 23.2 Å². The minimum absolute atomic E-state index is 0.0105. The Hall–Kier alpha value is -2.82. The monoisotopic (exact) mass is 545 g/mol. The highest BCUT2D eigenvalue weighted by Crippen LogP contribution is 2.34. The molecule has 0 bridgehead atoms. The van der Waals surface area contributed by atoms with Gasteiger partial charge in [0.15, 0.2) is 34.1 Å². The number of carbonyl (C=O) groups is 1. The van der Waals surface area contributed by atoms with Gasteiger partial charge in [0.1, 0.15) is 16.5 Å². The van der Waals surface area contributed by atoms with Gasteiger partial charge in [0, 0.05) is 36.8 Å². The zero-order chi connectivity index (χ0) is 25.4. The number of hydrogen-bond donors (Lipinski definition) is 1. The Kier molecular flexibility index (Phi) is 7.25. The standard InChI is InChI=1S/C23H17Cl2F4N3O2S/c1-11-2-3-12(10-13(11)24)14-4-5-15(34-14)22(33)30-23(35)32-8-6-31(7-9-32)21-19(28)17(26)16(25)18(27)20(21)29/h2-5,10H,6-9H2,1H3,(H,30,33,35). The molecule has 1 fully saturated rings. The van der Waals surface area contributed by atoms with Crippen LogP contribution in [-0.2, 0) is 0 Å². The summed E-state index contributed by atoms with van der Waals surface area (Å²) in [4.78, 5) is 15.3. The Balaban J connectivity index is 1.39. The van der Waals surface area contributed by atoms with Crippen LogP contribution in [-0.4, -0.2) is 42.1 Å². The van der Waals surface area contributed by atoms with Gasteiger partial charge in [0.2, 0.25) is 0 Å². The van der Waals surface area contributed by atoms with E-state index in [0.717, 1.165) is 10.5 Å². The third-order valence-corrected chi connectivity index (χ3v) is 6.68. The number of hydrogen-bond acceptors (Lipinski definition) is 4. The van der Waals surface area contributed by atoms with Gasteiger partial charge in [-0.3, -0.25) is 10.1 Å². The van der Waals surface area contributed by atoms with Crippen LogP contribution in [0.1, 0.15) is 16.1 Å². The van der Waals surface area contributed by atoms with E-state index in [2.05, 4.69) is 5.32 Å². The van der Waals surface area contributed by atoms with Crippen molar-refractivity contribution < 1.29 is 26.8 Å². The second-order valence-electron chi connectivity index (χ2n) is 7.78. The average Bonchev–Trinajstić information content (AvgIpc) is 3.34. The lowest BCUT2D eigenvalue weighted by Gasteiger charge is -2.37. The molecule has 1 aliphatic rings. The van der Waals surface area contributed by atoms with Crippen molar-refractivity contribution >= 4 is 52.1 Å². The summed E-state index contributed by atoms with van der Waals surface area (Å²) in [6.07, 6.45) is 0. The van der Waals surface area contributed by atoms with E-state index < -0.39 is 39.9 Å². The van der Waals surface area contributed by atoms with Crippen molar-refractivity contribution in [3.8, 4) is 11.3 Å². The number of benzene rings is 2. The van der Waals surface area contributed by atoms with Gasteiger partial charge in [-0.1, -0.05) is 35.3 Å². The predicted octanol–water partition coefficient (Wildman–Crippen LogP) is 5.96. The molecule has 1 aromatic heterocycles. The molecule has 0 aliphatic carbocycles. The summed E-state index contributed by atoms with van der Waals surface area (Å²) in [7, 11) is 0. The third kappa shape index (κ3) is 4.96. The summed E-state index contributed by atoms with van der Waals surface area (Å²) in [5, 5.41) is 1.94. The lowest BCUT2D eigenvalue weighted by molar-refractivity contribution is 0.0946. The number of anilines is 1. The van der Waals surface area contributed by atoms with Crippen molar-refractivity contribution in [3.63, 3.8) is 0 Å². The lowest BCUT2D eigenvalue weighted by atomic mass is 10.1. The van der Waals surface area contributed by atoms with E-state index in [0.29, 0.717) is 16.3 Å². The normalized spacial score (nSPS) is 13.8. The van der Waals surface area contributed by atoms with Crippen LogP contribution < -0.4 is 10.2 Å². The zero-order valence-electron chi connectivity index (χ0n) is 18.1. The van der Waals surface area contributed by atoms with Crippen LogP contribution in [0.15, 0.2) is 34.7 Å². The van der Waals surface area contributed by atoms with E-state index in [4.69, 9.17) is 39.8 Å². The van der Waals surface area contributed by atoms with Gasteiger partial charge in [-0.25, -0.2) is 17.6 Å². The topological polar surface area (TPSA) is 48.7 Å². The van der Waals surface area contributed by atoms with Crippen LogP contribution in [0, 0.1) is 30.2 Å². The first kappa shape index (κ1) is 25.3. The molecule has 0 radical (unpaired) electrons. The maximum Gasteiger partial charge on any atom is 0.293 e. The van der Waals surface area contributed by atoms with Crippen LogP contribution in [0.2, 0.25) is 10.0 Å². The Bertz CT molecular complexity index is 1300. The highest BCUT2D eigenvalue weighted by atomic mass is 35.5. The van der Waals surface area contributed by atoms with E-state index in [1.807, 2.05) is 19.1 Å². The molecule has 4 rings (SSSR count). The minimum atomic E-state index is -1.66. The molecule has 0 atom stereocenters.